The summed E-state index contributed by atoms with van der Waals surface area (Å²) >= 11 is 9.33. The van der Waals surface area contributed by atoms with Gasteiger partial charge < -0.3 is 10.1 Å². The summed E-state index contributed by atoms with van der Waals surface area (Å²) in [5.41, 5.74) is 0.986. The van der Waals surface area contributed by atoms with Crippen molar-refractivity contribution in [3.8, 4) is 5.75 Å². The number of halogens is 2. The Hall–Kier alpha value is -1.59. The fraction of sp³-hybridized carbons (Fsp3) is 0.200. The molecule has 1 atom stereocenters. The number of hydrogen-bond donors (Lipinski definition) is 1. The summed E-state index contributed by atoms with van der Waals surface area (Å²) in [7, 11) is 0. The van der Waals surface area contributed by atoms with Crippen molar-refractivity contribution in [2.45, 2.75) is 13.0 Å². The summed E-state index contributed by atoms with van der Waals surface area (Å²) in [6, 6.07) is 8.85. The molecule has 2 aromatic rings. The Bertz CT molecular complexity index is 622. The molecule has 0 bridgehead atoms. The molecular weight excluding hydrogens is 356 g/mol. The third-order valence-electron chi connectivity index (χ3n) is 2.84. The van der Waals surface area contributed by atoms with Crippen LogP contribution in [0.5, 0.6) is 5.75 Å². The second-order valence-corrected chi connectivity index (χ2v) is 5.76. The highest BCUT2D eigenvalue weighted by atomic mass is 79.9. The zero-order chi connectivity index (χ0) is 15.2. The fourth-order valence-corrected chi connectivity index (χ4v) is 2.48. The highest BCUT2D eigenvalue weighted by Gasteiger charge is 2.11. The molecule has 1 aromatic carbocycles. The topological polar surface area (TPSA) is 51.2 Å². The Morgan fingerprint density at radius 3 is 2.76 bits per heavy atom. The number of rotatable bonds is 5. The smallest absolute Gasteiger partial charge is 0.258 e. The van der Waals surface area contributed by atoms with Gasteiger partial charge in [0.15, 0.2) is 6.61 Å². The van der Waals surface area contributed by atoms with Gasteiger partial charge in [-0.1, -0.05) is 27.5 Å². The van der Waals surface area contributed by atoms with Gasteiger partial charge in [-0.15, -0.1) is 0 Å². The Morgan fingerprint density at radius 1 is 1.38 bits per heavy atom. The number of aromatic nitrogens is 1. The minimum absolute atomic E-state index is 0.0865. The first-order valence-electron chi connectivity index (χ1n) is 6.33. The second-order valence-electron chi connectivity index (χ2n) is 4.43. The van der Waals surface area contributed by atoms with Crippen molar-refractivity contribution in [3.05, 3.63) is 57.8 Å². The molecule has 0 saturated heterocycles. The van der Waals surface area contributed by atoms with Gasteiger partial charge >= 0.3 is 0 Å². The van der Waals surface area contributed by atoms with Crippen LogP contribution in [0.2, 0.25) is 5.02 Å². The quantitative estimate of drug-likeness (QED) is 0.873. The van der Waals surface area contributed by atoms with Crippen LogP contribution in [-0.2, 0) is 4.79 Å². The van der Waals surface area contributed by atoms with E-state index in [9.17, 15) is 4.79 Å². The number of carbonyl (C=O) groups is 1. The lowest BCUT2D eigenvalue weighted by atomic mass is 10.1. The number of amides is 1. The molecule has 110 valence electrons. The van der Waals surface area contributed by atoms with Crippen LogP contribution in [0.15, 0.2) is 47.2 Å². The highest BCUT2D eigenvalue weighted by molar-refractivity contribution is 9.10. The Labute approximate surface area is 136 Å². The summed E-state index contributed by atoms with van der Waals surface area (Å²) in [6.45, 7) is 1.82. The molecule has 4 nitrogen and oxygen atoms in total. The van der Waals surface area contributed by atoms with E-state index < -0.39 is 0 Å². The zero-order valence-electron chi connectivity index (χ0n) is 11.3. The molecule has 1 amide bonds. The number of ether oxygens (including phenoxy) is 1. The van der Waals surface area contributed by atoms with Gasteiger partial charge in [-0.3, -0.25) is 9.78 Å². The molecule has 0 radical (unpaired) electrons. The second kappa shape index (κ2) is 7.43. The molecule has 0 aliphatic rings. The van der Waals surface area contributed by atoms with E-state index in [1.54, 1.807) is 30.6 Å². The van der Waals surface area contributed by atoms with Crippen LogP contribution in [-0.4, -0.2) is 17.5 Å². The predicted octanol–water partition coefficient (Wildman–Crippen LogP) is 3.75. The van der Waals surface area contributed by atoms with Gasteiger partial charge in [0.25, 0.3) is 5.91 Å². The monoisotopic (exact) mass is 368 g/mol. The molecule has 1 N–H and O–H groups in total. The Kier molecular flexibility index (Phi) is 5.59. The van der Waals surface area contributed by atoms with Gasteiger partial charge in [0.1, 0.15) is 5.75 Å². The maximum absolute atomic E-state index is 11.9. The van der Waals surface area contributed by atoms with E-state index in [2.05, 4.69) is 26.2 Å². The standard InChI is InChI=1S/C15H14BrClN2O2/c1-10(11-4-6-18-7-5-11)19-15(20)9-21-14-3-2-12(16)8-13(14)17/h2-8,10H,9H2,1H3,(H,19,20)/t10-/m0/s1. The van der Waals surface area contributed by atoms with E-state index in [0.29, 0.717) is 10.8 Å². The molecule has 0 saturated carbocycles. The van der Waals surface area contributed by atoms with E-state index in [4.69, 9.17) is 16.3 Å². The largest absolute Gasteiger partial charge is 0.482 e. The number of benzene rings is 1. The van der Waals surface area contributed by atoms with Gasteiger partial charge in [0, 0.05) is 16.9 Å². The average molecular weight is 370 g/mol. The van der Waals surface area contributed by atoms with Crippen molar-refractivity contribution in [3.63, 3.8) is 0 Å². The molecule has 2 rings (SSSR count). The average Bonchev–Trinajstić information content (AvgIpc) is 2.47. The summed E-state index contributed by atoms with van der Waals surface area (Å²) < 4.78 is 6.27. The van der Waals surface area contributed by atoms with Gasteiger partial charge in [0.05, 0.1) is 11.1 Å². The first-order valence-corrected chi connectivity index (χ1v) is 7.50. The lowest BCUT2D eigenvalue weighted by molar-refractivity contribution is -0.123. The van der Waals surface area contributed by atoms with Crippen LogP contribution >= 0.6 is 27.5 Å². The third kappa shape index (κ3) is 4.72. The molecule has 0 fully saturated rings. The molecular formula is C15H14BrClN2O2. The predicted molar refractivity (Wildman–Crippen MR) is 85.4 cm³/mol. The van der Waals surface area contributed by atoms with Crippen molar-refractivity contribution in [2.75, 3.05) is 6.61 Å². The molecule has 1 aromatic heterocycles. The molecule has 1 heterocycles. The lowest BCUT2D eigenvalue weighted by Gasteiger charge is -2.14. The first-order chi connectivity index (χ1) is 10.1. The van der Waals surface area contributed by atoms with Crippen molar-refractivity contribution >= 4 is 33.4 Å². The number of nitrogens with one attached hydrogen (secondary N) is 1. The summed E-state index contributed by atoms with van der Waals surface area (Å²) in [5.74, 6) is 0.268. The van der Waals surface area contributed by atoms with Crippen LogP contribution in [0.25, 0.3) is 0 Å². The maximum Gasteiger partial charge on any atom is 0.258 e. The molecule has 21 heavy (non-hydrogen) atoms. The van der Waals surface area contributed by atoms with E-state index in [-0.39, 0.29) is 18.6 Å². The molecule has 0 spiro atoms. The van der Waals surface area contributed by atoms with Gasteiger partial charge in [-0.05, 0) is 42.8 Å². The van der Waals surface area contributed by atoms with E-state index in [1.165, 1.54) is 0 Å². The highest BCUT2D eigenvalue weighted by Crippen LogP contribution is 2.27. The summed E-state index contributed by atoms with van der Waals surface area (Å²) in [6.07, 6.45) is 3.38. The molecule has 0 aliphatic heterocycles. The van der Waals surface area contributed by atoms with E-state index in [1.807, 2.05) is 19.1 Å². The van der Waals surface area contributed by atoms with Crippen LogP contribution < -0.4 is 10.1 Å². The lowest BCUT2D eigenvalue weighted by Crippen LogP contribution is -2.31. The zero-order valence-corrected chi connectivity index (χ0v) is 13.7. The maximum atomic E-state index is 11.9. The number of nitrogens with zero attached hydrogens (tertiary/aromatic N) is 1. The Morgan fingerprint density at radius 2 is 2.10 bits per heavy atom. The van der Waals surface area contributed by atoms with Crippen molar-refractivity contribution in [1.29, 1.82) is 0 Å². The molecule has 0 aliphatic carbocycles. The normalized spacial score (nSPS) is 11.8. The van der Waals surface area contributed by atoms with Crippen LogP contribution in [0.4, 0.5) is 0 Å². The third-order valence-corrected chi connectivity index (χ3v) is 3.62. The van der Waals surface area contributed by atoms with Crippen LogP contribution in [0.1, 0.15) is 18.5 Å². The number of pyridine rings is 1. The SMILES string of the molecule is C[C@H](NC(=O)COc1ccc(Br)cc1Cl)c1ccncc1. The first kappa shape index (κ1) is 15.8. The van der Waals surface area contributed by atoms with Crippen LogP contribution in [0, 0.1) is 0 Å². The summed E-state index contributed by atoms with van der Waals surface area (Å²) in [4.78, 5) is 15.8. The van der Waals surface area contributed by atoms with Crippen LogP contribution in [0.3, 0.4) is 0 Å². The van der Waals surface area contributed by atoms with Crippen molar-refractivity contribution in [1.82, 2.24) is 10.3 Å². The minimum Gasteiger partial charge on any atom is -0.482 e. The molecule has 0 unspecified atom stereocenters. The van der Waals surface area contributed by atoms with E-state index >= 15 is 0 Å². The minimum atomic E-state index is -0.210. The van der Waals surface area contributed by atoms with E-state index in [0.717, 1.165) is 10.0 Å². The van der Waals surface area contributed by atoms with Crippen molar-refractivity contribution in [2.24, 2.45) is 0 Å². The number of carbonyl (C=O) groups excluding carboxylic acids is 1. The van der Waals surface area contributed by atoms with Crippen molar-refractivity contribution < 1.29 is 9.53 Å². The number of hydrogen-bond acceptors (Lipinski definition) is 3. The fourth-order valence-electron chi connectivity index (χ4n) is 1.75. The summed E-state index contributed by atoms with van der Waals surface area (Å²) in [5, 5.41) is 3.31. The van der Waals surface area contributed by atoms with Gasteiger partial charge in [-0.25, -0.2) is 0 Å². The Balaban J connectivity index is 1.87. The van der Waals surface area contributed by atoms with Gasteiger partial charge in [0.2, 0.25) is 0 Å². The molecule has 6 heteroatoms. The van der Waals surface area contributed by atoms with Gasteiger partial charge in [-0.2, -0.15) is 0 Å².